The number of benzene rings is 1. The van der Waals surface area contributed by atoms with Gasteiger partial charge in [-0.15, -0.1) is 0 Å². The summed E-state index contributed by atoms with van der Waals surface area (Å²) < 4.78 is 15.7. The third-order valence-electron chi connectivity index (χ3n) is 3.66. The number of aromatic carboxylic acids is 1. The van der Waals surface area contributed by atoms with Gasteiger partial charge >= 0.3 is 5.97 Å². The molecule has 1 aromatic heterocycles. The molecular formula is C17H20FN3O3. The Morgan fingerprint density at radius 1 is 1.33 bits per heavy atom. The van der Waals surface area contributed by atoms with E-state index in [0.717, 1.165) is 11.6 Å². The van der Waals surface area contributed by atoms with E-state index in [1.807, 2.05) is 20.8 Å². The third-order valence-corrected chi connectivity index (χ3v) is 3.66. The monoisotopic (exact) mass is 333 g/mol. The van der Waals surface area contributed by atoms with Crippen molar-refractivity contribution in [1.82, 2.24) is 15.1 Å². The van der Waals surface area contributed by atoms with Crippen LogP contribution in [0.3, 0.4) is 0 Å². The molecule has 0 aliphatic heterocycles. The summed E-state index contributed by atoms with van der Waals surface area (Å²) in [5, 5.41) is 15.8. The molecule has 0 bridgehead atoms. The van der Waals surface area contributed by atoms with Gasteiger partial charge in [0.15, 0.2) is 0 Å². The van der Waals surface area contributed by atoms with Crippen molar-refractivity contribution in [2.75, 3.05) is 0 Å². The standard InChI is InChI=1S/C17H20FN3O3/c1-17(2,3)14(11-8-19-21(4)9-11)20-15(22)12-6-5-10(16(23)24)7-13(12)18/h5-9,14H,1-4H3,(H,20,22)(H,23,24). The van der Waals surface area contributed by atoms with Gasteiger partial charge in [-0.25, -0.2) is 9.18 Å². The Hall–Kier alpha value is -2.70. The van der Waals surface area contributed by atoms with Crippen LogP contribution in [0, 0.1) is 11.2 Å². The first kappa shape index (κ1) is 17.7. The Kier molecular flexibility index (Phi) is 4.73. The van der Waals surface area contributed by atoms with Crippen molar-refractivity contribution < 1.29 is 19.1 Å². The molecule has 0 aliphatic carbocycles. The van der Waals surface area contributed by atoms with Crippen molar-refractivity contribution in [3.8, 4) is 0 Å². The number of hydrogen-bond donors (Lipinski definition) is 2. The maximum absolute atomic E-state index is 14.1. The molecule has 0 radical (unpaired) electrons. The summed E-state index contributed by atoms with van der Waals surface area (Å²) in [6, 6.07) is 2.85. The molecule has 0 aliphatic rings. The molecule has 1 amide bonds. The molecule has 2 aromatic rings. The van der Waals surface area contributed by atoms with E-state index in [4.69, 9.17) is 5.11 Å². The van der Waals surface area contributed by atoms with Crippen molar-refractivity contribution in [3.05, 3.63) is 53.1 Å². The minimum atomic E-state index is -1.25. The average molecular weight is 333 g/mol. The van der Waals surface area contributed by atoms with Crippen molar-refractivity contribution in [2.45, 2.75) is 26.8 Å². The molecule has 2 rings (SSSR count). The fourth-order valence-corrected chi connectivity index (χ4v) is 2.43. The number of carbonyl (C=O) groups is 2. The first-order valence-corrected chi connectivity index (χ1v) is 7.42. The maximum Gasteiger partial charge on any atom is 0.335 e. The topological polar surface area (TPSA) is 84.2 Å². The van der Waals surface area contributed by atoms with Crippen LogP contribution in [0.5, 0.6) is 0 Å². The molecule has 1 unspecified atom stereocenters. The maximum atomic E-state index is 14.1. The quantitative estimate of drug-likeness (QED) is 0.901. The number of carbonyl (C=O) groups excluding carboxylic acids is 1. The summed E-state index contributed by atoms with van der Waals surface area (Å²) in [6.45, 7) is 5.86. The van der Waals surface area contributed by atoms with E-state index >= 15 is 0 Å². The number of aromatic nitrogens is 2. The highest BCUT2D eigenvalue weighted by molar-refractivity contribution is 5.96. The Morgan fingerprint density at radius 2 is 2.00 bits per heavy atom. The summed E-state index contributed by atoms with van der Waals surface area (Å²) in [4.78, 5) is 23.3. The van der Waals surface area contributed by atoms with Crippen LogP contribution < -0.4 is 5.32 Å². The second-order valence-corrected chi connectivity index (χ2v) is 6.72. The molecule has 7 heteroatoms. The molecule has 6 nitrogen and oxygen atoms in total. The highest BCUT2D eigenvalue weighted by Crippen LogP contribution is 2.32. The zero-order chi connectivity index (χ0) is 18.1. The van der Waals surface area contributed by atoms with Gasteiger partial charge in [0, 0.05) is 18.8 Å². The lowest BCUT2D eigenvalue weighted by molar-refractivity contribution is 0.0695. The van der Waals surface area contributed by atoms with Crippen LogP contribution in [0.2, 0.25) is 0 Å². The number of nitrogens with one attached hydrogen (secondary N) is 1. The number of hydrogen-bond acceptors (Lipinski definition) is 3. The van der Waals surface area contributed by atoms with E-state index in [1.165, 1.54) is 12.1 Å². The van der Waals surface area contributed by atoms with Crippen LogP contribution >= 0.6 is 0 Å². The number of aryl methyl sites for hydroxylation is 1. The molecule has 1 aromatic carbocycles. The fraction of sp³-hybridized carbons (Fsp3) is 0.353. The molecule has 1 atom stereocenters. The Labute approximate surface area is 139 Å². The predicted molar refractivity (Wildman–Crippen MR) is 86.2 cm³/mol. The molecule has 1 heterocycles. The molecular weight excluding hydrogens is 313 g/mol. The predicted octanol–water partition coefficient (Wildman–Crippen LogP) is 2.77. The first-order chi connectivity index (χ1) is 11.1. The van der Waals surface area contributed by atoms with E-state index < -0.39 is 17.7 Å². The lowest BCUT2D eigenvalue weighted by atomic mass is 9.83. The third kappa shape index (κ3) is 3.79. The normalized spacial score (nSPS) is 12.7. The fourth-order valence-electron chi connectivity index (χ4n) is 2.43. The number of amides is 1. The van der Waals surface area contributed by atoms with Crippen LogP contribution in [0.1, 0.15) is 53.1 Å². The first-order valence-electron chi connectivity index (χ1n) is 7.42. The van der Waals surface area contributed by atoms with E-state index in [0.29, 0.717) is 0 Å². The number of nitrogens with zero attached hydrogens (tertiary/aromatic N) is 2. The number of rotatable bonds is 4. The van der Waals surface area contributed by atoms with Crippen molar-refractivity contribution in [2.24, 2.45) is 12.5 Å². The highest BCUT2D eigenvalue weighted by atomic mass is 19.1. The number of carboxylic acid groups (broad SMARTS) is 1. The molecule has 0 saturated heterocycles. The van der Waals surface area contributed by atoms with Crippen LogP contribution in [0.25, 0.3) is 0 Å². The minimum Gasteiger partial charge on any atom is -0.478 e. The van der Waals surface area contributed by atoms with Crippen molar-refractivity contribution in [3.63, 3.8) is 0 Å². The van der Waals surface area contributed by atoms with Gasteiger partial charge in [-0.2, -0.15) is 5.10 Å². The van der Waals surface area contributed by atoms with Gasteiger partial charge in [-0.1, -0.05) is 20.8 Å². The highest BCUT2D eigenvalue weighted by Gasteiger charge is 2.30. The zero-order valence-corrected chi connectivity index (χ0v) is 14.0. The van der Waals surface area contributed by atoms with Crippen LogP contribution in [-0.2, 0) is 7.05 Å². The summed E-state index contributed by atoms with van der Waals surface area (Å²) >= 11 is 0. The molecule has 128 valence electrons. The smallest absolute Gasteiger partial charge is 0.335 e. The molecule has 0 saturated carbocycles. The molecule has 0 spiro atoms. The van der Waals surface area contributed by atoms with Gasteiger partial charge in [-0.05, 0) is 23.6 Å². The van der Waals surface area contributed by atoms with Gasteiger partial charge in [0.25, 0.3) is 5.91 Å². The summed E-state index contributed by atoms with van der Waals surface area (Å²) in [5.41, 5.74) is 0.0821. The second kappa shape index (κ2) is 6.43. The summed E-state index contributed by atoms with van der Waals surface area (Å²) in [5.74, 6) is -2.72. The Morgan fingerprint density at radius 3 is 2.46 bits per heavy atom. The van der Waals surface area contributed by atoms with E-state index in [1.54, 1.807) is 24.1 Å². The second-order valence-electron chi connectivity index (χ2n) is 6.72. The van der Waals surface area contributed by atoms with Crippen LogP contribution in [0.4, 0.5) is 4.39 Å². The number of halogens is 1. The lowest BCUT2D eigenvalue weighted by Gasteiger charge is -2.31. The zero-order valence-electron chi connectivity index (χ0n) is 14.0. The van der Waals surface area contributed by atoms with Crippen molar-refractivity contribution in [1.29, 1.82) is 0 Å². The number of carboxylic acids is 1. The van der Waals surface area contributed by atoms with E-state index in [2.05, 4.69) is 10.4 Å². The molecule has 0 fully saturated rings. The minimum absolute atomic E-state index is 0.196. The SMILES string of the molecule is Cn1cc(C(NC(=O)c2ccc(C(=O)O)cc2F)C(C)(C)C)cn1. The van der Waals surface area contributed by atoms with Crippen LogP contribution in [-0.4, -0.2) is 26.8 Å². The summed E-state index contributed by atoms with van der Waals surface area (Å²) in [7, 11) is 1.77. The van der Waals surface area contributed by atoms with E-state index in [9.17, 15) is 14.0 Å². The van der Waals surface area contributed by atoms with Gasteiger partial charge < -0.3 is 10.4 Å². The van der Waals surface area contributed by atoms with Gasteiger partial charge in [0.2, 0.25) is 0 Å². The Bertz CT molecular complexity index is 778. The molecule has 24 heavy (non-hydrogen) atoms. The molecule has 2 N–H and O–H groups in total. The summed E-state index contributed by atoms with van der Waals surface area (Å²) in [6.07, 6.45) is 3.44. The van der Waals surface area contributed by atoms with Gasteiger partial charge in [0.05, 0.1) is 23.4 Å². The van der Waals surface area contributed by atoms with E-state index in [-0.39, 0.29) is 22.6 Å². The van der Waals surface area contributed by atoms with Gasteiger partial charge in [0.1, 0.15) is 5.82 Å². The van der Waals surface area contributed by atoms with Crippen molar-refractivity contribution >= 4 is 11.9 Å². The average Bonchev–Trinajstić information content (AvgIpc) is 2.89. The largest absolute Gasteiger partial charge is 0.478 e. The lowest BCUT2D eigenvalue weighted by Crippen LogP contribution is -2.36. The van der Waals surface area contributed by atoms with Gasteiger partial charge in [-0.3, -0.25) is 9.48 Å². The Balaban J connectivity index is 2.30. The van der Waals surface area contributed by atoms with Crippen LogP contribution in [0.15, 0.2) is 30.6 Å².